The summed E-state index contributed by atoms with van der Waals surface area (Å²) < 4.78 is 4.53. The van der Waals surface area contributed by atoms with E-state index >= 15 is 0 Å². The van der Waals surface area contributed by atoms with E-state index in [9.17, 15) is 0 Å². The summed E-state index contributed by atoms with van der Waals surface area (Å²) in [5.41, 5.74) is 9.66. The molecule has 186 valence electrons. The van der Waals surface area contributed by atoms with Gasteiger partial charge < -0.3 is 24.8 Å². The van der Waals surface area contributed by atoms with Gasteiger partial charge in [-0.3, -0.25) is 0 Å². The molecule has 3 heteroatoms. The first-order valence-corrected chi connectivity index (χ1v) is 18.7. The van der Waals surface area contributed by atoms with Gasteiger partial charge in [0.2, 0.25) is 0 Å². The molecule has 0 spiro atoms. The Kier molecular flexibility index (Phi) is 8.99. The molecule has 0 aliphatic heterocycles. The number of halogens is 2. The van der Waals surface area contributed by atoms with Crippen LogP contribution in [0.25, 0.3) is 11.1 Å². The van der Waals surface area contributed by atoms with E-state index in [1.165, 1.54) is 49.7 Å². The standard InChI is InChI=1S/C21H25.C6H10.C5H5.2ClH.Hf/c1-20(2,3)16-9-7-14-11-15-8-10-17(21(4,5)6)13-19(15)18(14)12-16;1-2-4-6-5-3-1;1-2-4-5-3-1;;;/h7-13H,1-6H3;1-5H2;1-3H,4H2;2*1H;/q;;;;;+2/p-2. The van der Waals surface area contributed by atoms with Gasteiger partial charge >= 0.3 is 210 Å². The Morgan fingerprint density at radius 2 is 1.23 bits per heavy atom. The van der Waals surface area contributed by atoms with Crippen LogP contribution in [-0.4, -0.2) is 3.26 Å². The zero-order chi connectivity index (χ0) is 23.4. The molecule has 0 heterocycles. The normalized spacial score (nSPS) is 17.1. The summed E-state index contributed by atoms with van der Waals surface area (Å²) in [5, 5.41) is 0. The molecule has 2 aromatic rings. The summed E-state index contributed by atoms with van der Waals surface area (Å²) in [6.07, 6.45) is 15.6. The van der Waals surface area contributed by atoms with Crippen LogP contribution in [0.2, 0.25) is 0 Å². The molecule has 35 heavy (non-hydrogen) atoms. The van der Waals surface area contributed by atoms with Crippen molar-refractivity contribution in [2.45, 2.75) is 94.6 Å². The van der Waals surface area contributed by atoms with Crippen molar-refractivity contribution >= 4 is 3.26 Å². The summed E-state index contributed by atoms with van der Waals surface area (Å²) in [6, 6.07) is 15.1. The average molecular weight is 674 g/mol. The number of hydrogen-bond acceptors (Lipinski definition) is 0. The third-order valence-corrected chi connectivity index (χ3v) is 20.7. The molecule has 1 saturated carbocycles. The molecule has 0 saturated heterocycles. The molecule has 0 atom stereocenters. The summed E-state index contributed by atoms with van der Waals surface area (Å²) in [5.74, 6) is 0. The molecule has 0 unspecified atom stereocenters. The Morgan fingerprint density at radius 1 is 0.714 bits per heavy atom. The van der Waals surface area contributed by atoms with Crippen molar-refractivity contribution < 1.29 is 45.8 Å². The van der Waals surface area contributed by atoms with E-state index in [0.717, 1.165) is 0 Å². The first-order valence-electron chi connectivity index (χ1n) is 13.0. The molecule has 0 radical (unpaired) electrons. The van der Waals surface area contributed by atoms with Crippen LogP contribution >= 0.6 is 0 Å². The van der Waals surface area contributed by atoms with Gasteiger partial charge in [0.05, 0.1) is 0 Å². The van der Waals surface area contributed by atoms with Crippen LogP contribution in [0.1, 0.15) is 106 Å². The van der Waals surface area contributed by atoms with Crippen molar-refractivity contribution in [2.75, 3.05) is 0 Å². The van der Waals surface area contributed by atoms with Crippen molar-refractivity contribution in [3.05, 3.63) is 80.2 Å². The van der Waals surface area contributed by atoms with Gasteiger partial charge in [-0.05, 0) is 0 Å². The molecule has 0 N–H and O–H groups in total. The van der Waals surface area contributed by atoms with Gasteiger partial charge in [0, 0.05) is 0 Å². The second-order valence-corrected chi connectivity index (χ2v) is 22.3. The molecule has 3 aliphatic carbocycles. The van der Waals surface area contributed by atoms with Crippen LogP contribution in [0.3, 0.4) is 0 Å². The molecule has 0 amide bonds. The third-order valence-electron chi connectivity index (χ3n) is 7.99. The minimum Gasteiger partial charge on any atom is -1.00 e. The molecule has 5 rings (SSSR count). The van der Waals surface area contributed by atoms with Crippen molar-refractivity contribution in [3.63, 3.8) is 0 Å². The first-order chi connectivity index (χ1) is 15.6. The van der Waals surface area contributed by atoms with Gasteiger partial charge in [-0.1, -0.05) is 0 Å². The molecular formula is C32H40Cl2Hf. The maximum absolute atomic E-state index is 2.55. The smallest absolute Gasteiger partial charge is 1.00 e. The number of benzene rings is 2. The zero-order valence-electron chi connectivity index (χ0n) is 22.3. The summed E-state index contributed by atoms with van der Waals surface area (Å²) >= 11 is -2.27. The Labute approximate surface area is 233 Å². The fourth-order valence-electron chi connectivity index (χ4n) is 6.01. The topological polar surface area (TPSA) is 0 Å². The third kappa shape index (κ3) is 5.58. The second-order valence-electron chi connectivity index (χ2n) is 12.4. The van der Waals surface area contributed by atoms with E-state index in [0.29, 0.717) is 3.67 Å². The molecular weight excluding hydrogens is 634 g/mol. The van der Waals surface area contributed by atoms with Gasteiger partial charge in [-0.2, -0.15) is 0 Å². The molecule has 2 aromatic carbocycles. The predicted octanol–water partition coefficient (Wildman–Crippen LogP) is 2.96. The van der Waals surface area contributed by atoms with E-state index in [1.54, 1.807) is 22.3 Å². The maximum atomic E-state index is 2.55. The number of hydrogen-bond donors (Lipinski definition) is 0. The molecule has 0 bridgehead atoms. The summed E-state index contributed by atoms with van der Waals surface area (Å²) in [7, 11) is 0. The van der Waals surface area contributed by atoms with E-state index in [4.69, 9.17) is 0 Å². The first kappa shape index (κ1) is 28.8. The quantitative estimate of drug-likeness (QED) is 0.431. The molecule has 0 aromatic heterocycles. The Balaban J connectivity index is 0.00000171. The van der Waals surface area contributed by atoms with Crippen LogP contribution in [0.4, 0.5) is 0 Å². The van der Waals surface area contributed by atoms with E-state index in [2.05, 4.69) is 96.2 Å². The van der Waals surface area contributed by atoms with E-state index in [1.807, 2.05) is 6.58 Å². The van der Waals surface area contributed by atoms with Gasteiger partial charge in [0.15, 0.2) is 0 Å². The van der Waals surface area contributed by atoms with Crippen LogP contribution in [0.5, 0.6) is 0 Å². The molecule has 0 nitrogen and oxygen atoms in total. The van der Waals surface area contributed by atoms with Gasteiger partial charge in [0.25, 0.3) is 0 Å². The van der Waals surface area contributed by atoms with Crippen molar-refractivity contribution in [2.24, 2.45) is 0 Å². The van der Waals surface area contributed by atoms with E-state index in [-0.39, 0.29) is 35.6 Å². The zero-order valence-corrected chi connectivity index (χ0v) is 27.4. The monoisotopic (exact) mass is 674 g/mol. The minimum absolute atomic E-state index is 0. The van der Waals surface area contributed by atoms with Gasteiger partial charge in [-0.25, -0.2) is 0 Å². The molecule has 1 fully saturated rings. The predicted molar refractivity (Wildman–Crippen MR) is 141 cm³/mol. The van der Waals surface area contributed by atoms with Gasteiger partial charge in [0.1, 0.15) is 0 Å². The number of rotatable bonds is 2. The summed E-state index contributed by atoms with van der Waals surface area (Å²) in [6.45, 7) is 14.1. The SMILES string of the molecule is CC(C)(C)c1ccc2c(c1)-c1cc(C(C)(C)C)ccc1[CH]2[Hf+2]([C]1=CC=CC1)=[C]1CCCCC1.[Cl-].[Cl-]. The van der Waals surface area contributed by atoms with Gasteiger partial charge in [-0.15, -0.1) is 0 Å². The van der Waals surface area contributed by atoms with Crippen LogP contribution in [0.15, 0.2) is 58.0 Å². The Morgan fingerprint density at radius 3 is 1.66 bits per heavy atom. The minimum atomic E-state index is -2.27. The van der Waals surface area contributed by atoms with Crippen LogP contribution in [0, 0.1) is 0 Å². The average Bonchev–Trinajstić information content (AvgIpc) is 3.40. The largest absolute Gasteiger partial charge is 1.00 e. The second kappa shape index (κ2) is 10.9. The molecule has 3 aliphatic rings. The number of allylic oxidation sites excluding steroid dienone is 4. The van der Waals surface area contributed by atoms with Crippen molar-refractivity contribution in [3.8, 4) is 11.1 Å². The van der Waals surface area contributed by atoms with Crippen molar-refractivity contribution in [1.29, 1.82) is 0 Å². The Hall–Kier alpha value is -0.760. The van der Waals surface area contributed by atoms with E-state index < -0.39 is 21.0 Å². The van der Waals surface area contributed by atoms with Crippen LogP contribution in [-0.2, 0) is 31.8 Å². The maximum Gasteiger partial charge on any atom is -1.00 e. The number of fused-ring (bicyclic) bond motifs is 3. The summed E-state index contributed by atoms with van der Waals surface area (Å²) in [4.78, 5) is 0. The fraction of sp³-hybridized carbons (Fsp3) is 0.469. The fourth-order valence-corrected chi connectivity index (χ4v) is 19.9. The van der Waals surface area contributed by atoms with Crippen LogP contribution < -0.4 is 24.8 Å². The van der Waals surface area contributed by atoms with Crippen molar-refractivity contribution in [1.82, 2.24) is 0 Å². The Bertz CT molecular complexity index is 1110.